The molecule has 3 nitrogen and oxygen atoms in total. The number of aliphatic hydroxyl groups excluding tert-OH is 1. The third kappa shape index (κ3) is 6.28. The van der Waals surface area contributed by atoms with Crippen LogP contribution in [0.15, 0.2) is 11.6 Å². The number of aliphatic hydroxyl groups is 1. The summed E-state index contributed by atoms with van der Waals surface area (Å²) in [6, 6.07) is 0. The number of allylic oxidation sites excluding steroid dienone is 1. The topological polar surface area (TPSA) is 49.3 Å². The second-order valence-electron chi connectivity index (χ2n) is 4.62. The molecule has 2 N–H and O–H groups in total. The van der Waals surface area contributed by atoms with Gasteiger partial charge in [-0.1, -0.05) is 26.8 Å². The Kier molecular flexibility index (Phi) is 6.25. The number of carbonyl (C=O) groups excluding carboxylic acids is 1. The Balaban J connectivity index is 4.05. The molecule has 0 aromatic rings. The standard InChI is InChI=1S/C12H23NO2/c1-5-6-10(2)11(15)13-9-12(3,4)7-8-14/h6,14H,5,7-9H2,1-4H3,(H,13,15)/b10-6-. The number of amides is 1. The van der Waals surface area contributed by atoms with Crippen LogP contribution in [0.5, 0.6) is 0 Å². The van der Waals surface area contributed by atoms with Crippen molar-refractivity contribution in [3.8, 4) is 0 Å². The van der Waals surface area contributed by atoms with Crippen LogP contribution in [0.3, 0.4) is 0 Å². The minimum atomic E-state index is -0.0447. The monoisotopic (exact) mass is 213 g/mol. The highest BCUT2D eigenvalue weighted by Gasteiger charge is 2.18. The van der Waals surface area contributed by atoms with Gasteiger partial charge in [-0.2, -0.15) is 0 Å². The van der Waals surface area contributed by atoms with Crippen LogP contribution in [0.1, 0.15) is 40.5 Å². The SMILES string of the molecule is CC/C=C(/C)C(=O)NCC(C)(C)CCO. The van der Waals surface area contributed by atoms with Gasteiger partial charge >= 0.3 is 0 Å². The summed E-state index contributed by atoms with van der Waals surface area (Å²) in [5, 5.41) is 11.7. The molecule has 0 radical (unpaired) electrons. The molecule has 0 atom stereocenters. The van der Waals surface area contributed by atoms with Crippen LogP contribution in [-0.4, -0.2) is 24.2 Å². The fourth-order valence-electron chi connectivity index (χ4n) is 1.25. The van der Waals surface area contributed by atoms with Crippen molar-refractivity contribution in [1.29, 1.82) is 0 Å². The molecule has 0 aromatic carbocycles. The molecule has 1 amide bonds. The predicted octanol–water partition coefficient (Wildman–Crippen LogP) is 1.87. The van der Waals surface area contributed by atoms with Gasteiger partial charge < -0.3 is 10.4 Å². The van der Waals surface area contributed by atoms with Gasteiger partial charge in [0.25, 0.3) is 0 Å². The minimum absolute atomic E-state index is 0.0112. The number of nitrogens with one attached hydrogen (secondary N) is 1. The first-order valence-electron chi connectivity index (χ1n) is 5.49. The van der Waals surface area contributed by atoms with E-state index in [0.717, 1.165) is 12.0 Å². The lowest BCUT2D eigenvalue weighted by Gasteiger charge is -2.23. The van der Waals surface area contributed by atoms with Crippen molar-refractivity contribution in [2.24, 2.45) is 5.41 Å². The molecule has 0 unspecified atom stereocenters. The van der Waals surface area contributed by atoms with Gasteiger partial charge in [-0.05, 0) is 25.2 Å². The smallest absolute Gasteiger partial charge is 0.246 e. The Labute approximate surface area is 92.6 Å². The maximum atomic E-state index is 11.5. The maximum absolute atomic E-state index is 11.5. The molecule has 0 heterocycles. The molecule has 0 saturated heterocycles. The number of rotatable bonds is 6. The molecule has 0 spiro atoms. The normalized spacial score (nSPS) is 12.7. The van der Waals surface area contributed by atoms with Gasteiger partial charge in [-0.25, -0.2) is 0 Å². The average Bonchev–Trinajstić information content (AvgIpc) is 2.14. The number of carbonyl (C=O) groups is 1. The van der Waals surface area contributed by atoms with E-state index in [1.54, 1.807) is 0 Å². The van der Waals surface area contributed by atoms with Crippen molar-refractivity contribution in [3.05, 3.63) is 11.6 Å². The molecule has 0 bridgehead atoms. The van der Waals surface area contributed by atoms with Gasteiger partial charge in [0.05, 0.1) is 0 Å². The molecule has 0 aliphatic carbocycles. The highest BCUT2D eigenvalue weighted by atomic mass is 16.3. The highest BCUT2D eigenvalue weighted by Crippen LogP contribution is 2.18. The molecule has 3 heteroatoms. The summed E-state index contributed by atoms with van der Waals surface area (Å²) >= 11 is 0. The average molecular weight is 213 g/mol. The van der Waals surface area contributed by atoms with Crippen LogP contribution >= 0.6 is 0 Å². The van der Waals surface area contributed by atoms with Gasteiger partial charge in [-0.15, -0.1) is 0 Å². The Hall–Kier alpha value is -0.830. The zero-order chi connectivity index (χ0) is 11.9. The van der Waals surface area contributed by atoms with Crippen LogP contribution in [0.25, 0.3) is 0 Å². The van der Waals surface area contributed by atoms with Crippen molar-refractivity contribution in [1.82, 2.24) is 5.32 Å². The second kappa shape index (κ2) is 6.62. The lowest BCUT2D eigenvalue weighted by molar-refractivity contribution is -0.117. The summed E-state index contributed by atoms with van der Waals surface area (Å²) in [6.45, 7) is 8.64. The zero-order valence-corrected chi connectivity index (χ0v) is 10.3. The van der Waals surface area contributed by atoms with Gasteiger partial charge in [0.1, 0.15) is 0 Å². The van der Waals surface area contributed by atoms with Gasteiger partial charge in [-0.3, -0.25) is 4.79 Å². The molecule has 0 aromatic heterocycles. The lowest BCUT2D eigenvalue weighted by atomic mass is 9.89. The molecule has 0 saturated carbocycles. The van der Waals surface area contributed by atoms with Gasteiger partial charge in [0.2, 0.25) is 5.91 Å². The highest BCUT2D eigenvalue weighted by molar-refractivity contribution is 5.92. The van der Waals surface area contributed by atoms with Crippen LogP contribution in [0.4, 0.5) is 0 Å². The van der Waals surface area contributed by atoms with Crippen molar-refractivity contribution < 1.29 is 9.90 Å². The first kappa shape index (κ1) is 14.2. The first-order chi connectivity index (χ1) is 6.93. The molecule has 15 heavy (non-hydrogen) atoms. The second-order valence-corrected chi connectivity index (χ2v) is 4.62. The molecular formula is C12H23NO2. The quantitative estimate of drug-likeness (QED) is 0.662. The largest absolute Gasteiger partial charge is 0.396 e. The van der Waals surface area contributed by atoms with Crippen molar-refractivity contribution in [2.45, 2.75) is 40.5 Å². The van der Waals surface area contributed by atoms with Crippen LogP contribution in [0.2, 0.25) is 0 Å². The van der Waals surface area contributed by atoms with Crippen molar-refractivity contribution >= 4 is 5.91 Å². The van der Waals surface area contributed by atoms with Crippen LogP contribution in [0, 0.1) is 5.41 Å². The molecule has 0 rings (SSSR count). The van der Waals surface area contributed by atoms with E-state index in [9.17, 15) is 4.79 Å². The van der Waals surface area contributed by atoms with E-state index in [1.807, 2.05) is 33.8 Å². The molecular weight excluding hydrogens is 190 g/mol. The summed E-state index contributed by atoms with van der Waals surface area (Å²) in [6.07, 6.45) is 3.48. The van der Waals surface area contributed by atoms with E-state index >= 15 is 0 Å². The Morgan fingerprint density at radius 3 is 2.53 bits per heavy atom. The Morgan fingerprint density at radius 2 is 2.07 bits per heavy atom. The summed E-state index contributed by atoms with van der Waals surface area (Å²) in [7, 11) is 0. The maximum Gasteiger partial charge on any atom is 0.246 e. The summed E-state index contributed by atoms with van der Waals surface area (Å²) in [5.41, 5.74) is 0.717. The van der Waals surface area contributed by atoms with Crippen LogP contribution < -0.4 is 5.32 Å². The molecule has 0 aliphatic heterocycles. The summed E-state index contributed by atoms with van der Waals surface area (Å²) in [5.74, 6) is -0.0112. The summed E-state index contributed by atoms with van der Waals surface area (Å²) < 4.78 is 0. The molecule has 88 valence electrons. The lowest BCUT2D eigenvalue weighted by Crippen LogP contribution is -2.34. The zero-order valence-electron chi connectivity index (χ0n) is 10.3. The van der Waals surface area contributed by atoms with E-state index in [2.05, 4.69) is 5.32 Å². The van der Waals surface area contributed by atoms with Gasteiger partial charge in [0, 0.05) is 18.7 Å². The van der Waals surface area contributed by atoms with Crippen molar-refractivity contribution in [3.63, 3.8) is 0 Å². The fourth-order valence-corrected chi connectivity index (χ4v) is 1.25. The van der Waals surface area contributed by atoms with Gasteiger partial charge in [0.15, 0.2) is 0 Å². The molecule has 0 aliphatic rings. The fraction of sp³-hybridized carbons (Fsp3) is 0.750. The van der Waals surface area contributed by atoms with Crippen molar-refractivity contribution in [2.75, 3.05) is 13.2 Å². The molecule has 0 fully saturated rings. The van der Waals surface area contributed by atoms with E-state index in [4.69, 9.17) is 5.11 Å². The Bertz CT molecular complexity index is 232. The predicted molar refractivity (Wildman–Crippen MR) is 62.5 cm³/mol. The number of hydrogen-bond donors (Lipinski definition) is 2. The number of hydrogen-bond acceptors (Lipinski definition) is 2. The van der Waals surface area contributed by atoms with E-state index < -0.39 is 0 Å². The third-order valence-electron chi connectivity index (χ3n) is 2.38. The minimum Gasteiger partial charge on any atom is -0.396 e. The van der Waals surface area contributed by atoms with E-state index in [1.165, 1.54) is 0 Å². The van der Waals surface area contributed by atoms with E-state index in [0.29, 0.717) is 13.0 Å². The van der Waals surface area contributed by atoms with Crippen LogP contribution in [-0.2, 0) is 4.79 Å². The third-order valence-corrected chi connectivity index (χ3v) is 2.38. The summed E-state index contributed by atoms with van der Waals surface area (Å²) in [4.78, 5) is 11.5. The first-order valence-corrected chi connectivity index (χ1v) is 5.49. The van der Waals surface area contributed by atoms with E-state index in [-0.39, 0.29) is 17.9 Å². The Morgan fingerprint density at radius 1 is 1.47 bits per heavy atom.